The number of aromatic nitrogens is 6. The molecule has 0 aliphatic heterocycles. The lowest BCUT2D eigenvalue weighted by atomic mass is 10.0. The lowest BCUT2D eigenvalue weighted by molar-refractivity contribution is 0.0931. The molecule has 2 aromatic heterocycles. The average molecular weight is 472 g/mol. The summed E-state index contributed by atoms with van der Waals surface area (Å²) in [5.41, 5.74) is 4.40. The molecule has 1 aliphatic carbocycles. The van der Waals surface area contributed by atoms with Gasteiger partial charge in [-0.1, -0.05) is 24.3 Å². The Morgan fingerprint density at radius 3 is 2.69 bits per heavy atom. The molecule has 2 aromatic carbocycles. The van der Waals surface area contributed by atoms with Gasteiger partial charge in [-0.05, 0) is 59.4 Å². The van der Waals surface area contributed by atoms with Crippen LogP contribution < -0.4 is 10.6 Å². The number of fused-ring (bicyclic) bond motifs is 1. The minimum absolute atomic E-state index is 0.0700. The first kappa shape index (κ1) is 22.3. The molecule has 4 aromatic rings. The zero-order valence-electron chi connectivity index (χ0n) is 18.7. The van der Waals surface area contributed by atoms with E-state index in [0.717, 1.165) is 35.1 Å². The molecule has 2 heterocycles. The van der Waals surface area contributed by atoms with Gasteiger partial charge < -0.3 is 10.6 Å². The molecule has 3 N–H and O–H groups in total. The number of carbonyl (C=O) groups is 2. The first-order valence-corrected chi connectivity index (χ1v) is 11.0. The van der Waals surface area contributed by atoms with Crippen molar-refractivity contribution < 1.29 is 14.0 Å². The highest BCUT2D eigenvalue weighted by Crippen LogP contribution is 2.33. The van der Waals surface area contributed by atoms with Crippen LogP contribution in [0.3, 0.4) is 0 Å². The fraction of sp³-hybridized carbons (Fsp3) is 0.208. The standard InChI is InChI=1S/C24H21FN8O2/c1-13-8-14(2-6-18(13)25)11-26-23(34)20-10-21(28-12-27-20)24(35)29-19-7-4-15-9-16(3-5-17(15)19)22-30-32-33-31-22/h2-3,5-6,8-10,12,19H,4,7,11H2,1H3,(H,26,34)(H,29,35)(H,30,31,32,33)/t19-/m0/s1. The second-order valence-electron chi connectivity index (χ2n) is 8.27. The average Bonchev–Trinajstić information content (AvgIpc) is 3.55. The Bertz CT molecular complexity index is 1410. The minimum Gasteiger partial charge on any atom is -0.347 e. The third-order valence-corrected chi connectivity index (χ3v) is 5.94. The second kappa shape index (κ2) is 9.37. The predicted octanol–water partition coefficient (Wildman–Crippen LogP) is 2.45. The molecule has 11 heteroatoms. The van der Waals surface area contributed by atoms with Crippen LogP contribution in [-0.4, -0.2) is 42.4 Å². The van der Waals surface area contributed by atoms with E-state index in [2.05, 4.69) is 41.2 Å². The van der Waals surface area contributed by atoms with E-state index in [-0.39, 0.29) is 29.8 Å². The van der Waals surface area contributed by atoms with E-state index in [9.17, 15) is 14.0 Å². The second-order valence-corrected chi connectivity index (χ2v) is 8.27. The van der Waals surface area contributed by atoms with Gasteiger partial charge in [0.05, 0.1) is 6.04 Å². The van der Waals surface area contributed by atoms with Crippen molar-refractivity contribution in [2.75, 3.05) is 0 Å². The van der Waals surface area contributed by atoms with Gasteiger partial charge in [-0.2, -0.15) is 5.21 Å². The highest BCUT2D eigenvalue weighted by atomic mass is 19.1. The summed E-state index contributed by atoms with van der Waals surface area (Å²) in [6.45, 7) is 1.86. The van der Waals surface area contributed by atoms with Crippen LogP contribution in [0, 0.1) is 12.7 Å². The molecule has 176 valence electrons. The van der Waals surface area contributed by atoms with Gasteiger partial charge >= 0.3 is 0 Å². The van der Waals surface area contributed by atoms with E-state index >= 15 is 0 Å². The highest BCUT2D eigenvalue weighted by Gasteiger charge is 2.26. The molecule has 0 bridgehead atoms. The highest BCUT2D eigenvalue weighted by molar-refractivity contribution is 5.97. The van der Waals surface area contributed by atoms with E-state index in [1.54, 1.807) is 19.1 Å². The van der Waals surface area contributed by atoms with E-state index in [4.69, 9.17) is 0 Å². The third-order valence-electron chi connectivity index (χ3n) is 5.94. The topological polar surface area (TPSA) is 138 Å². The lowest BCUT2D eigenvalue weighted by Crippen LogP contribution is -2.29. The molecule has 0 radical (unpaired) electrons. The normalized spacial score (nSPS) is 14.4. The van der Waals surface area contributed by atoms with Crippen LogP contribution in [0.4, 0.5) is 4.39 Å². The smallest absolute Gasteiger partial charge is 0.270 e. The Morgan fingerprint density at radius 1 is 1.09 bits per heavy atom. The Balaban J connectivity index is 1.24. The summed E-state index contributed by atoms with van der Waals surface area (Å²) in [5.74, 6) is -0.634. The van der Waals surface area contributed by atoms with Crippen molar-refractivity contribution >= 4 is 11.8 Å². The van der Waals surface area contributed by atoms with Gasteiger partial charge in [0, 0.05) is 18.2 Å². The minimum atomic E-state index is -0.455. The van der Waals surface area contributed by atoms with Gasteiger partial charge in [0.2, 0.25) is 5.82 Å². The van der Waals surface area contributed by atoms with Crippen molar-refractivity contribution in [2.24, 2.45) is 0 Å². The number of benzene rings is 2. The van der Waals surface area contributed by atoms with Crippen LogP contribution in [0.5, 0.6) is 0 Å². The molecule has 0 saturated heterocycles. The van der Waals surface area contributed by atoms with Crippen molar-refractivity contribution in [3.05, 3.63) is 88.3 Å². The van der Waals surface area contributed by atoms with Gasteiger partial charge in [-0.3, -0.25) is 9.59 Å². The van der Waals surface area contributed by atoms with Gasteiger partial charge in [-0.25, -0.2) is 14.4 Å². The summed E-state index contributed by atoms with van der Waals surface area (Å²) in [6, 6.07) is 11.7. The number of rotatable bonds is 6. The maximum absolute atomic E-state index is 13.4. The Labute approximate surface area is 199 Å². The Kier molecular flexibility index (Phi) is 5.96. The van der Waals surface area contributed by atoms with Gasteiger partial charge in [0.15, 0.2) is 0 Å². The van der Waals surface area contributed by atoms with Crippen molar-refractivity contribution in [3.8, 4) is 11.4 Å². The van der Waals surface area contributed by atoms with Gasteiger partial charge in [0.25, 0.3) is 11.8 Å². The van der Waals surface area contributed by atoms with Crippen LogP contribution in [0.25, 0.3) is 11.4 Å². The summed E-state index contributed by atoms with van der Waals surface area (Å²) in [4.78, 5) is 33.5. The number of hydrogen-bond acceptors (Lipinski definition) is 7. The third kappa shape index (κ3) is 4.74. The first-order valence-electron chi connectivity index (χ1n) is 11.0. The molecule has 35 heavy (non-hydrogen) atoms. The Hall–Kier alpha value is -4.54. The number of aromatic amines is 1. The molecule has 0 unspecified atom stereocenters. The van der Waals surface area contributed by atoms with Crippen LogP contribution >= 0.6 is 0 Å². The molecular formula is C24H21FN8O2. The van der Waals surface area contributed by atoms with Crippen molar-refractivity contribution in [1.82, 2.24) is 41.2 Å². The van der Waals surface area contributed by atoms with Gasteiger partial charge in [0.1, 0.15) is 23.5 Å². The fourth-order valence-electron chi connectivity index (χ4n) is 4.12. The maximum atomic E-state index is 13.4. The fourth-order valence-corrected chi connectivity index (χ4v) is 4.12. The first-order chi connectivity index (χ1) is 17.0. The molecule has 1 aliphatic rings. The van der Waals surface area contributed by atoms with Crippen LogP contribution in [0.15, 0.2) is 48.8 Å². The van der Waals surface area contributed by atoms with E-state index < -0.39 is 11.8 Å². The molecule has 2 amide bonds. The summed E-state index contributed by atoms with van der Waals surface area (Å²) in [5, 5.41) is 19.8. The number of nitrogens with one attached hydrogen (secondary N) is 3. The SMILES string of the molecule is Cc1cc(CNC(=O)c2cc(C(=O)N[C@H]3CCc4cc(-c5nn[nH]n5)ccc43)ncn2)ccc1F. The van der Waals surface area contributed by atoms with E-state index in [1.807, 2.05) is 18.2 Å². The predicted molar refractivity (Wildman–Crippen MR) is 122 cm³/mol. The van der Waals surface area contributed by atoms with Crippen LogP contribution in [-0.2, 0) is 13.0 Å². The summed E-state index contributed by atoms with van der Waals surface area (Å²) in [7, 11) is 0. The molecule has 0 fully saturated rings. The number of tetrazole rings is 1. The van der Waals surface area contributed by atoms with Crippen LogP contribution in [0.1, 0.15) is 55.7 Å². The molecular weight excluding hydrogens is 451 g/mol. The number of nitrogens with zero attached hydrogens (tertiary/aromatic N) is 5. The maximum Gasteiger partial charge on any atom is 0.270 e. The summed E-state index contributed by atoms with van der Waals surface area (Å²) >= 11 is 0. The van der Waals surface area contributed by atoms with E-state index in [0.29, 0.717) is 11.4 Å². The number of H-pyrrole nitrogens is 1. The molecule has 1 atom stereocenters. The Morgan fingerprint density at radius 2 is 1.91 bits per heavy atom. The molecule has 0 saturated carbocycles. The van der Waals surface area contributed by atoms with Crippen molar-refractivity contribution in [3.63, 3.8) is 0 Å². The largest absolute Gasteiger partial charge is 0.347 e. The lowest BCUT2D eigenvalue weighted by Gasteiger charge is -2.14. The molecule has 5 rings (SSSR count). The number of carbonyl (C=O) groups excluding carboxylic acids is 2. The summed E-state index contributed by atoms with van der Waals surface area (Å²) in [6.07, 6.45) is 2.73. The summed E-state index contributed by atoms with van der Waals surface area (Å²) < 4.78 is 13.4. The van der Waals surface area contributed by atoms with E-state index in [1.165, 1.54) is 18.5 Å². The van der Waals surface area contributed by atoms with Crippen LogP contribution in [0.2, 0.25) is 0 Å². The van der Waals surface area contributed by atoms with Crippen molar-refractivity contribution in [2.45, 2.75) is 32.4 Å². The number of halogens is 1. The van der Waals surface area contributed by atoms with Gasteiger partial charge in [-0.15, -0.1) is 10.2 Å². The number of amides is 2. The molecule has 0 spiro atoms. The molecule has 10 nitrogen and oxygen atoms in total. The van der Waals surface area contributed by atoms with Crippen molar-refractivity contribution in [1.29, 1.82) is 0 Å². The quantitative estimate of drug-likeness (QED) is 0.392. The zero-order chi connectivity index (χ0) is 24.4. The number of aryl methyl sites for hydroxylation is 2. The zero-order valence-corrected chi connectivity index (χ0v) is 18.7. The number of hydrogen-bond donors (Lipinski definition) is 3. The monoisotopic (exact) mass is 472 g/mol.